The minimum atomic E-state index is 0.626. The molecule has 1 aliphatic rings. The van der Waals surface area contributed by atoms with Crippen molar-refractivity contribution in [2.75, 3.05) is 13.1 Å². The van der Waals surface area contributed by atoms with Gasteiger partial charge in [0, 0.05) is 31.2 Å². The fraction of sp³-hybridized carbons (Fsp3) is 1.00. The van der Waals surface area contributed by atoms with Crippen molar-refractivity contribution in [3.05, 3.63) is 0 Å². The van der Waals surface area contributed by atoms with E-state index in [1.54, 1.807) is 0 Å². The maximum Gasteiger partial charge on any atom is 0.0209 e. The van der Waals surface area contributed by atoms with Gasteiger partial charge in [0.1, 0.15) is 0 Å². The molecule has 2 unspecified atom stereocenters. The maximum absolute atomic E-state index is 3.65. The van der Waals surface area contributed by atoms with Gasteiger partial charge in [-0.05, 0) is 19.3 Å². The highest BCUT2D eigenvalue weighted by Gasteiger charge is 2.26. The zero-order chi connectivity index (χ0) is 11.3. The summed E-state index contributed by atoms with van der Waals surface area (Å²) in [5, 5.41) is 3.65. The molecule has 0 saturated carbocycles. The lowest BCUT2D eigenvalue weighted by Crippen LogP contribution is -2.39. The molecule has 15 heavy (non-hydrogen) atoms. The van der Waals surface area contributed by atoms with Crippen molar-refractivity contribution >= 4 is 0 Å². The van der Waals surface area contributed by atoms with Gasteiger partial charge in [-0.25, -0.2) is 0 Å². The van der Waals surface area contributed by atoms with E-state index in [0.717, 1.165) is 12.1 Å². The first kappa shape index (κ1) is 13.0. The average molecular weight is 212 g/mol. The summed E-state index contributed by atoms with van der Waals surface area (Å²) in [5.74, 6) is 0. The zero-order valence-electron chi connectivity index (χ0n) is 10.9. The fourth-order valence-corrected chi connectivity index (χ4v) is 2.70. The Balaban J connectivity index is 2.33. The van der Waals surface area contributed by atoms with Crippen molar-refractivity contribution in [1.29, 1.82) is 0 Å². The van der Waals surface area contributed by atoms with Crippen LogP contribution in [0.4, 0.5) is 0 Å². The Morgan fingerprint density at radius 1 is 1.33 bits per heavy atom. The number of hydrogen-bond donors (Lipinski definition) is 1. The molecule has 1 heterocycles. The van der Waals surface area contributed by atoms with Gasteiger partial charge in [-0.15, -0.1) is 0 Å². The van der Waals surface area contributed by atoms with Crippen molar-refractivity contribution < 1.29 is 0 Å². The molecule has 0 bridgehead atoms. The van der Waals surface area contributed by atoms with Gasteiger partial charge >= 0.3 is 0 Å². The molecular formula is C13H28N2. The SMILES string of the molecule is CCCC(CC)N1CCC(NC(C)C)C1. The minimum Gasteiger partial charge on any atom is -0.310 e. The Morgan fingerprint density at radius 2 is 2.07 bits per heavy atom. The predicted molar refractivity (Wildman–Crippen MR) is 67.2 cm³/mol. The zero-order valence-corrected chi connectivity index (χ0v) is 10.9. The van der Waals surface area contributed by atoms with E-state index in [4.69, 9.17) is 0 Å². The Kier molecular flexibility index (Phi) is 5.62. The number of nitrogens with one attached hydrogen (secondary N) is 1. The van der Waals surface area contributed by atoms with Crippen LogP contribution < -0.4 is 5.32 Å². The first-order valence-corrected chi connectivity index (χ1v) is 6.67. The van der Waals surface area contributed by atoms with Crippen LogP contribution in [0.1, 0.15) is 53.4 Å². The van der Waals surface area contributed by atoms with E-state index in [2.05, 4.69) is 37.9 Å². The third-order valence-electron chi connectivity index (χ3n) is 3.40. The summed E-state index contributed by atoms with van der Waals surface area (Å²) >= 11 is 0. The van der Waals surface area contributed by atoms with E-state index < -0.39 is 0 Å². The van der Waals surface area contributed by atoms with Gasteiger partial charge in [0.15, 0.2) is 0 Å². The highest BCUT2D eigenvalue weighted by atomic mass is 15.2. The van der Waals surface area contributed by atoms with Gasteiger partial charge in [-0.2, -0.15) is 0 Å². The van der Waals surface area contributed by atoms with Crippen LogP contribution in [0.15, 0.2) is 0 Å². The number of hydrogen-bond acceptors (Lipinski definition) is 2. The van der Waals surface area contributed by atoms with E-state index >= 15 is 0 Å². The monoisotopic (exact) mass is 212 g/mol. The average Bonchev–Trinajstić information content (AvgIpc) is 2.61. The second-order valence-electron chi connectivity index (χ2n) is 5.15. The van der Waals surface area contributed by atoms with Gasteiger partial charge < -0.3 is 5.32 Å². The van der Waals surface area contributed by atoms with Crippen LogP contribution in [0.3, 0.4) is 0 Å². The summed E-state index contributed by atoms with van der Waals surface area (Å²) in [6.45, 7) is 11.7. The van der Waals surface area contributed by atoms with E-state index in [1.165, 1.54) is 38.8 Å². The van der Waals surface area contributed by atoms with Crippen molar-refractivity contribution in [2.24, 2.45) is 0 Å². The number of rotatable bonds is 6. The Hall–Kier alpha value is -0.0800. The van der Waals surface area contributed by atoms with Crippen LogP contribution in [0.2, 0.25) is 0 Å². The Bertz CT molecular complexity index is 168. The van der Waals surface area contributed by atoms with Gasteiger partial charge in [0.2, 0.25) is 0 Å². The standard InChI is InChI=1S/C13H28N2/c1-5-7-13(6-2)15-9-8-12(10-15)14-11(3)4/h11-14H,5-10H2,1-4H3. The third kappa shape index (κ3) is 4.12. The normalized spacial score (nSPS) is 25.0. The fourth-order valence-electron chi connectivity index (χ4n) is 2.70. The van der Waals surface area contributed by atoms with Crippen LogP contribution in [0.5, 0.6) is 0 Å². The molecule has 90 valence electrons. The van der Waals surface area contributed by atoms with Gasteiger partial charge in [-0.3, -0.25) is 4.90 Å². The summed E-state index contributed by atoms with van der Waals surface area (Å²) in [4.78, 5) is 2.68. The lowest BCUT2D eigenvalue weighted by atomic mass is 10.1. The topological polar surface area (TPSA) is 15.3 Å². The van der Waals surface area contributed by atoms with Crippen molar-refractivity contribution in [3.8, 4) is 0 Å². The molecule has 1 fully saturated rings. The maximum atomic E-state index is 3.65. The van der Waals surface area contributed by atoms with Crippen LogP contribution >= 0.6 is 0 Å². The van der Waals surface area contributed by atoms with Crippen LogP contribution in [0.25, 0.3) is 0 Å². The summed E-state index contributed by atoms with van der Waals surface area (Å²) < 4.78 is 0. The molecule has 0 aromatic rings. The van der Waals surface area contributed by atoms with Crippen LogP contribution in [-0.2, 0) is 0 Å². The largest absolute Gasteiger partial charge is 0.310 e. The molecule has 0 radical (unpaired) electrons. The quantitative estimate of drug-likeness (QED) is 0.728. The summed E-state index contributed by atoms with van der Waals surface area (Å²) in [5.41, 5.74) is 0. The lowest BCUT2D eigenvalue weighted by Gasteiger charge is -2.27. The highest BCUT2D eigenvalue weighted by molar-refractivity contribution is 4.85. The van der Waals surface area contributed by atoms with E-state index in [1.807, 2.05) is 0 Å². The molecule has 2 nitrogen and oxygen atoms in total. The molecule has 1 rings (SSSR count). The van der Waals surface area contributed by atoms with Gasteiger partial charge in [0.25, 0.3) is 0 Å². The molecule has 0 aliphatic carbocycles. The Morgan fingerprint density at radius 3 is 2.60 bits per heavy atom. The van der Waals surface area contributed by atoms with Gasteiger partial charge in [0.05, 0.1) is 0 Å². The molecule has 1 saturated heterocycles. The molecule has 2 atom stereocenters. The van der Waals surface area contributed by atoms with E-state index in [-0.39, 0.29) is 0 Å². The van der Waals surface area contributed by atoms with Crippen LogP contribution in [-0.4, -0.2) is 36.1 Å². The second kappa shape index (κ2) is 6.49. The molecule has 1 aliphatic heterocycles. The first-order valence-electron chi connectivity index (χ1n) is 6.67. The molecule has 0 aromatic carbocycles. The second-order valence-corrected chi connectivity index (χ2v) is 5.15. The molecule has 0 spiro atoms. The van der Waals surface area contributed by atoms with E-state index in [0.29, 0.717) is 6.04 Å². The summed E-state index contributed by atoms with van der Waals surface area (Å²) in [7, 11) is 0. The lowest BCUT2D eigenvalue weighted by molar-refractivity contribution is 0.217. The van der Waals surface area contributed by atoms with Crippen molar-refractivity contribution in [1.82, 2.24) is 10.2 Å². The number of nitrogens with zero attached hydrogens (tertiary/aromatic N) is 1. The molecule has 2 heteroatoms. The highest BCUT2D eigenvalue weighted by Crippen LogP contribution is 2.18. The molecular weight excluding hydrogens is 184 g/mol. The summed E-state index contributed by atoms with van der Waals surface area (Å²) in [6.07, 6.45) is 5.32. The smallest absolute Gasteiger partial charge is 0.0209 e. The minimum absolute atomic E-state index is 0.626. The molecule has 1 N–H and O–H groups in total. The Labute approximate surface area is 95.4 Å². The van der Waals surface area contributed by atoms with Crippen molar-refractivity contribution in [2.45, 2.75) is 71.5 Å². The third-order valence-corrected chi connectivity index (χ3v) is 3.40. The van der Waals surface area contributed by atoms with Crippen LogP contribution in [0, 0.1) is 0 Å². The number of likely N-dealkylation sites (tertiary alicyclic amines) is 1. The predicted octanol–water partition coefficient (Wildman–Crippen LogP) is 2.64. The first-order chi connectivity index (χ1) is 7.17. The van der Waals surface area contributed by atoms with E-state index in [9.17, 15) is 0 Å². The van der Waals surface area contributed by atoms with Gasteiger partial charge in [-0.1, -0.05) is 34.1 Å². The molecule has 0 amide bonds. The van der Waals surface area contributed by atoms with Crippen molar-refractivity contribution in [3.63, 3.8) is 0 Å². The molecule has 0 aromatic heterocycles. The summed E-state index contributed by atoms with van der Waals surface area (Å²) in [6, 6.07) is 2.19.